The Morgan fingerprint density at radius 1 is 0.875 bits per heavy atom. The molecule has 0 radical (unpaired) electrons. The molecule has 4 nitrogen and oxygen atoms in total. The Labute approximate surface area is 196 Å². The third-order valence-corrected chi connectivity index (χ3v) is 6.19. The normalized spacial score (nSPS) is 13.7. The molecular weight excluding hydrogens is 420 g/mol. The van der Waals surface area contributed by atoms with Crippen LogP contribution in [0.3, 0.4) is 0 Å². The van der Waals surface area contributed by atoms with Gasteiger partial charge in [-0.3, -0.25) is 0 Å². The molecule has 5 heteroatoms. The van der Waals surface area contributed by atoms with Crippen LogP contribution in [0.1, 0.15) is 36.0 Å². The number of rotatable bonds is 8. The van der Waals surface area contributed by atoms with Crippen molar-refractivity contribution in [1.29, 1.82) is 0 Å². The summed E-state index contributed by atoms with van der Waals surface area (Å²) in [5, 5.41) is 4.27. The molecule has 0 aromatic heterocycles. The molecule has 1 fully saturated rings. The minimum absolute atomic E-state index is 0.510. The lowest BCUT2D eigenvalue weighted by Gasteiger charge is -2.29. The molecule has 0 spiro atoms. The molecule has 1 heterocycles. The zero-order chi connectivity index (χ0) is 22.3. The number of methoxy groups -OCH3 is 1. The van der Waals surface area contributed by atoms with Gasteiger partial charge in [-0.25, -0.2) is 0 Å². The summed E-state index contributed by atoms with van der Waals surface area (Å²) < 4.78 is 11.6. The van der Waals surface area contributed by atoms with Crippen LogP contribution < -0.4 is 19.7 Å². The first-order valence-corrected chi connectivity index (χ1v) is 11.6. The van der Waals surface area contributed by atoms with Crippen LogP contribution in [0.15, 0.2) is 60.7 Å². The number of ether oxygens (including phenoxy) is 2. The van der Waals surface area contributed by atoms with Gasteiger partial charge in [0.2, 0.25) is 0 Å². The monoisotopic (exact) mass is 450 g/mol. The molecule has 0 aliphatic carbocycles. The van der Waals surface area contributed by atoms with Crippen molar-refractivity contribution in [2.75, 3.05) is 30.4 Å². The Morgan fingerprint density at radius 3 is 2.34 bits per heavy atom. The molecule has 1 aliphatic heterocycles. The Balaban J connectivity index is 1.36. The SMILES string of the molecule is COc1cc(CNc2ccc(N3CCCCC3)c(Cl)c2)ccc1OCc1ccc(C)cc1. The van der Waals surface area contributed by atoms with Crippen molar-refractivity contribution >= 4 is 23.0 Å². The fourth-order valence-corrected chi connectivity index (χ4v) is 4.30. The van der Waals surface area contributed by atoms with Crippen LogP contribution in [0.5, 0.6) is 11.5 Å². The zero-order valence-corrected chi connectivity index (χ0v) is 19.6. The van der Waals surface area contributed by atoms with Gasteiger partial charge < -0.3 is 19.7 Å². The van der Waals surface area contributed by atoms with Gasteiger partial charge in [-0.15, -0.1) is 0 Å². The third-order valence-electron chi connectivity index (χ3n) is 5.88. The number of benzene rings is 3. The Hall–Kier alpha value is -2.85. The lowest BCUT2D eigenvalue weighted by molar-refractivity contribution is 0.284. The van der Waals surface area contributed by atoms with E-state index >= 15 is 0 Å². The third kappa shape index (κ3) is 5.68. The van der Waals surface area contributed by atoms with Crippen LogP contribution in [0.25, 0.3) is 0 Å². The van der Waals surface area contributed by atoms with E-state index in [1.807, 2.05) is 18.2 Å². The molecule has 0 unspecified atom stereocenters. The first-order chi connectivity index (χ1) is 15.6. The average Bonchev–Trinajstić information content (AvgIpc) is 2.83. The minimum Gasteiger partial charge on any atom is -0.493 e. The maximum absolute atomic E-state index is 6.59. The second-order valence-corrected chi connectivity index (χ2v) is 8.73. The molecule has 3 aromatic carbocycles. The highest BCUT2D eigenvalue weighted by Crippen LogP contribution is 2.32. The molecule has 1 saturated heterocycles. The number of halogens is 1. The summed E-state index contributed by atoms with van der Waals surface area (Å²) in [4.78, 5) is 2.38. The van der Waals surface area contributed by atoms with E-state index in [-0.39, 0.29) is 0 Å². The summed E-state index contributed by atoms with van der Waals surface area (Å²) in [6.45, 7) is 5.44. The van der Waals surface area contributed by atoms with Crippen LogP contribution in [-0.2, 0) is 13.2 Å². The number of aryl methyl sites for hydroxylation is 1. The lowest BCUT2D eigenvalue weighted by Crippen LogP contribution is -2.29. The van der Waals surface area contributed by atoms with Crippen molar-refractivity contribution in [2.45, 2.75) is 39.3 Å². The van der Waals surface area contributed by atoms with Crippen molar-refractivity contribution in [2.24, 2.45) is 0 Å². The maximum Gasteiger partial charge on any atom is 0.161 e. The standard InChI is InChI=1S/C27H31ClN2O2/c1-20-6-8-21(9-7-20)19-32-26-13-10-22(16-27(26)31-2)18-29-23-11-12-25(24(28)17-23)30-14-4-3-5-15-30/h6-13,16-17,29H,3-5,14-15,18-19H2,1-2H3. The topological polar surface area (TPSA) is 33.7 Å². The van der Waals surface area contributed by atoms with Gasteiger partial charge >= 0.3 is 0 Å². The zero-order valence-electron chi connectivity index (χ0n) is 18.9. The lowest BCUT2D eigenvalue weighted by atomic mass is 10.1. The fraction of sp³-hybridized carbons (Fsp3) is 0.333. The van der Waals surface area contributed by atoms with Gasteiger partial charge in [-0.05, 0) is 67.6 Å². The van der Waals surface area contributed by atoms with E-state index in [1.165, 1.54) is 24.8 Å². The van der Waals surface area contributed by atoms with Gasteiger partial charge in [0, 0.05) is 25.3 Å². The number of hydrogen-bond donors (Lipinski definition) is 1. The highest BCUT2D eigenvalue weighted by Gasteiger charge is 2.14. The van der Waals surface area contributed by atoms with Crippen molar-refractivity contribution in [3.05, 3.63) is 82.4 Å². The maximum atomic E-state index is 6.59. The summed E-state index contributed by atoms with van der Waals surface area (Å²) >= 11 is 6.59. The molecule has 1 aliphatic rings. The fourth-order valence-electron chi connectivity index (χ4n) is 4.00. The summed E-state index contributed by atoms with van der Waals surface area (Å²) in [5.41, 5.74) is 5.63. The van der Waals surface area contributed by atoms with Crippen LogP contribution in [0.4, 0.5) is 11.4 Å². The highest BCUT2D eigenvalue weighted by atomic mass is 35.5. The predicted octanol–water partition coefficient (Wildman–Crippen LogP) is 6.84. The van der Waals surface area contributed by atoms with Gasteiger partial charge in [0.1, 0.15) is 6.61 Å². The summed E-state index contributed by atoms with van der Waals surface area (Å²) in [7, 11) is 1.67. The van der Waals surface area contributed by atoms with E-state index in [0.717, 1.165) is 52.1 Å². The molecule has 3 aromatic rings. The van der Waals surface area contributed by atoms with E-state index in [9.17, 15) is 0 Å². The molecule has 32 heavy (non-hydrogen) atoms. The van der Waals surface area contributed by atoms with Crippen molar-refractivity contribution in [3.63, 3.8) is 0 Å². The molecule has 4 rings (SSSR count). The summed E-state index contributed by atoms with van der Waals surface area (Å²) in [6, 6.07) is 20.6. The Kier molecular flexibility index (Phi) is 7.43. The molecule has 1 N–H and O–H groups in total. The second-order valence-electron chi connectivity index (χ2n) is 8.33. The molecular formula is C27H31ClN2O2. The van der Waals surface area contributed by atoms with Gasteiger partial charge in [0.25, 0.3) is 0 Å². The first kappa shape index (κ1) is 22.3. The highest BCUT2D eigenvalue weighted by molar-refractivity contribution is 6.33. The quantitative estimate of drug-likeness (QED) is 0.407. The van der Waals surface area contributed by atoms with Crippen molar-refractivity contribution in [3.8, 4) is 11.5 Å². The van der Waals surface area contributed by atoms with Crippen LogP contribution in [0, 0.1) is 6.92 Å². The number of nitrogens with zero attached hydrogens (tertiary/aromatic N) is 1. The van der Waals surface area contributed by atoms with E-state index in [4.69, 9.17) is 21.1 Å². The first-order valence-electron chi connectivity index (χ1n) is 11.3. The largest absolute Gasteiger partial charge is 0.493 e. The number of anilines is 2. The van der Waals surface area contributed by atoms with E-state index in [0.29, 0.717) is 13.2 Å². The summed E-state index contributed by atoms with van der Waals surface area (Å²) in [5.74, 6) is 1.47. The summed E-state index contributed by atoms with van der Waals surface area (Å²) in [6.07, 6.45) is 3.79. The number of hydrogen-bond acceptors (Lipinski definition) is 4. The van der Waals surface area contributed by atoms with Gasteiger partial charge in [-0.1, -0.05) is 47.5 Å². The van der Waals surface area contributed by atoms with Gasteiger partial charge in [0.15, 0.2) is 11.5 Å². The van der Waals surface area contributed by atoms with E-state index < -0.39 is 0 Å². The minimum atomic E-state index is 0.510. The smallest absolute Gasteiger partial charge is 0.161 e. The van der Waals surface area contributed by atoms with Crippen LogP contribution >= 0.6 is 11.6 Å². The molecule has 0 saturated carbocycles. The van der Waals surface area contributed by atoms with E-state index in [2.05, 4.69) is 59.6 Å². The van der Waals surface area contributed by atoms with Gasteiger partial charge in [-0.2, -0.15) is 0 Å². The molecule has 0 atom stereocenters. The van der Waals surface area contributed by atoms with Crippen molar-refractivity contribution in [1.82, 2.24) is 0 Å². The number of nitrogens with one attached hydrogen (secondary N) is 1. The van der Waals surface area contributed by atoms with Crippen molar-refractivity contribution < 1.29 is 9.47 Å². The molecule has 0 bridgehead atoms. The van der Waals surface area contributed by atoms with Gasteiger partial charge in [0.05, 0.1) is 17.8 Å². The Bertz CT molecular complexity index is 1030. The van der Waals surface area contributed by atoms with Crippen LogP contribution in [-0.4, -0.2) is 20.2 Å². The van der Waals surface area contributed by atoms with Crippen LogP contribution in [0.2, 0.25) is 5.02 Å². The molecule has 0 amide bonds. The Morgan fingerprint density at radius 2 is 1.62 bits per heavy atom. The average molecular weight is 451 g/mol. The van der Waals surface area contributed by atoms with E-state index in [1.54, 1.807) is 7.11 Å². The second kappa shape index (κ2) is 10.6. The number of piperidine rings is 1. The predicted molar refractivity (Wildman–Crippen MR) is 133 cm³/mol. The molecule has 168 valence electrons.